The number of hydrogen-bond donors (Lipinski definition) is 1. The number of likely N-dealkylation sites (tertiary alicyclic amines) is 1. The van der Waals surface area contributed by atoms with Gasteiger partial charge < -0.3 is 15.0 Å². The minimum atomic E-state index is -0.636. The van der Waals surface area contributed by atoms with E-state index in [-0.39, 0.29) is 18.3 Å². The number of anilines is 1. The standard InChI is InChI=1S/C22H26ClN5O3/c1-22(2,3)31-20(29)19-18-11-27(21(30)26-9-14-5-6-15(10-26)25-14)17-8-13(23)4-7-16(17)28(18)12-24-19/h4,7-8,12,14-15,25H,5-6,9-11H2,1-3H3. The van der Waals surface area contributed by atoms with Crippen LogP contribution in [0.2, 0.25) is 5.02 Å². The topological polar surface area (TPSA) is 79.7 Å². The zero-order valence-electron chi connectivity index (χ0n) is 17.9. The number of carbonyl (C=O) groups is 2. The van der Waals surface area contributed by atoms with Crippen molar-refractivity contribution in [2.24, 2.45) is 0 Å². The van der Waals surface area contributed by atoms with Crippen LogP contribution in [0.3, 0.4) is 0 Å². The van der Waals surface area contributed by atoms with E-state index in [4.69, 9.17) is 16.3 Å². The highest BCUT2D eigenvalue weighted by molar-refractivity contribution is 6.31. The highest BCUT2D eigenvalue weighted by Gasteiger charge is 2.39. The van der Waals surface area contributed by atoms with Gasteiger partial charge in [0, 0.05) is 30.2 Å². The second kappa shape index (κ2) is 7.24. The monoisotopic (exact) mass is 443 g/mol. The SMILES string of the molecule is CC(C)(C)OC(=O)c1ncn2c1CN(C(=O)N1CC3CCC(C1)N3)c1cc(Cl)ccc1-2. The minimum absolute atomic E-state index is 0.0792. The molecule has 9 heteroatoms. The van der Waals surface area contributed by atoms with E-state index in [2.05, 4.69) is 10.3 Å². The maximum Gasteiger partial charge on any atom is 0.359 e. The molecule has 2 amide bonds. The molecule has 1 aromatic carbocycles. The van der Waals surface area contributed by atoms with Gasteiger partial charge in [0.15, 0.2) is 5.69 Å². The number of nitrogens with one attached hydrogen (secondary N) is 1. The van der Waals surface area contributed by atoms with Gasteiger partial charge in [-0.15, -0.1) is 0 Å². The fourth-order valence-electron chi connectivity index (χ4n) is 4.68. The second-order valence-electron chi connectivity index (χ2n) is 9.46. The lowest BCUT2D eigenvalue weighted by Crippen LogP contribution is -2.56. The molecule has 2 fully saturated rings. The fourth-order valence-corrected chi connectivity index (χ4v) is 4.84. The largest absolute Gasteiger partial charge is 0.455 e. The van der Waals surface area contributed by atoms with Crippen molar-refractivity contribution in [2.75, 3.05) is 18.0 Å². The van der Waals surface area contributed by atoms with Gasteiger partial charge in [0.1, 0.15) is 11.9 Å². The van der Waals surface area contributed by atoms with E-state index in [1.54, 1.807) is 23.4 Å². The third-order valence-electron chi connectivity index (χ3n) is 5.97. The van der Waals surface area contributed by atoms with Crippen molar-refractivity contribution in [3.05, 3.63) is 40.9 Å². The van der Waals surface area contributed by atoms with Crippen molar-refractivity contribution in [1.29, 1.82) is 0 Å². The molecule has 2 saturated heterocycles. The summed E-state index contributed by atoms with van der Waals surface area (Å²) in [6, 6.07) is 6.02. The average molecular weight is 444 g/mol. The number of benzene rings is 1. The predicted octanol–water partition coefficient (Wildman–Crippen LogP) is 3.36. The number of imidazole rings is 1. The van der Waals surface area contributed by atoms with E-state index in [0.29, 0.717) is 41.6 Å². The smallest absolute Gasteiger partial charge is 0.359 e. The Morgan fingerprint density at radius 3 is 2.55 bits per heavy atom. The van der Waals surface area contributed by atoms with E-state index >= 15 is 0 Å². The Labute approximate surface area is 186 Å². The van der Waals surface area contributed by atoms with Crippen LogP contribution in [-0.4, -0.2) is 57.2 Å². The molecule has 8 nitrogen and oxygen atoms in total. The molecule has 2 atom stereocenters. The van der Waals surface area contributed by atoms with Gasteiger partial charge in [-0.2, -0.15) is 0 Å². The van der Waals surface area contributed by atoms with Crippen molar-refractivity contribution in [3.63, 3.8) is 0 Å². The number of rotatable bonds is 1. The number of esters is 1. The van der Waals surface area contributed by atoms with Crippen LogP contribution in [0.15, 0.2) is 24.5 Å². The Hall–Kier alpha value is -2.58. The summed E-state index contributed by atoms with van der Waals surface area (Å²) < 4.78 is 7.39. The Kier molecular flexibility index (Phi) is 4.75. The van der Waals surface area contributed by atoms with Crippen molar-refractivity contribution in [1.82, 2.24) is 19.8 Å². The van der Waals surface area contributed by atoms with Crippen LogP contribution in [0.5, 0.6) is 0 Å². The molecule has 0 spiro atoms. The Bertz CT molecular complexity index is 1050. The minimum Gasteiger partial charge on any atom is -0.455 e. The maximum atomic E-state index is 13.6. The first kappa shape index (κ1) is 20.3. The number of aromatic nitrogens is 2. The zero-order chi connectivity index (χ0) is 21.9. The van der Waals surface area contributed by atoms with Crippen LogP contribution in [-0.2, 0) is 11.3 Å². The molecule has 164 valence electrons. The third-order valence-corrected chi connectivity index (χ3v) is 6.21. The first-order valence-electron chi connectivity index (χ1n) is 10.6. The quantitative estimate of drug-likeness (QED) is 0.683. The molecule has 0 radical (unpaired) electrons. The van der Waals surface area contributed by atoms with Gasteiger partial charge in [0.25, 0.3) is 0 Å². The van der Waals surface area contributed by atoms with Crippen LogP contribution in [0.1, 0.15) is 49.8 Å². The van der Waals surface area contributed by atoms with Gasteiger partial charge in [-0.3, -0.25) is 9.47 Å². The molecule has 1 N–H and O–H groups in total. The van der Waals surface area contributed by atoms with Crippen LogP contribution >= 0.6 is 11.6 Å². The summed E-state index contributed by atoms with van der Waals surface area (Å²) >= 11 is 6.28. The Morgan fingerprint density at radius 1 is 1.16 bits per heavy atom. The summed E-state index contributed by atoms with van der Waals surface area (Å²) in [6.45, 7) is 7.04. The third kappa shape index (κ3) is 3.68. The van der Waals surface area contributed by atoms with Gasteiger partial charge in [-0.25, -0.2) is 14.6 Å². The maximum absolute atomic E-state index is 13.6. The van der Waals surface area contributed by atoms with Gasteiger partial charge in [0.05, 0.1) is 23.6 Å². The van der Waals surface area contributed by atoms with E-state index in [9.17, 15) is 9.59 Å². The zero-order valence-corrected chi connectivity index (χ0v) is 18.6. The lowest BCUT2D eigenvalue weighted by atomic mass is 10.1. The highest BCUT2D eigenvalue weighted by Crippen LogP contribution is 2.36. The molecule has 5 rings (SSSR count). The number of urea groups is 1. The van der Waals surface area contributed by atoms with Crippen molar-refractivity contribution < 1.29 is 14.3 Å². The molecular formula is C22H26ClN5O3. The normalized spacial score (nSPS) is 22.2. The average Bonchev–Trinajstić information content (AvgIpc) is 3.27. The fraction of sp³-hybridized carbons (Fsp3) is 0.500. The lowest BCUT2D eigenvalue weighted by Gasteiger charge is -2.38. The highest BCUT2D eigenvalue weighted by atomic mass is 35.5. The van der Waals surface area contributed by atoms with Crippen molar-refractivity contribution in [2.45, 2.75) is 57.8 Å². The number of amides is 2. The molecular weight excluding hydrogens is 418 g/mol. The Morgan fingerprint density at radius 2 is 1.87 bits per heavy atom. The summed E-state index contributed by atoms with van der Waals surface area (Å²) in [6.07, 6.45) is 3.78. The molecule has 0 aliphatic carbocycles. The summed E-state index contributed by atoms with van der Waals surface area (Å²) in [4.78, 5) is 34.4. The molecule has 3 aliphatic heterocycles. The van der Waals surface area contributed by atoms with E-state index in [0.717, 1.165) is 18.5 Å². The molecule has 31 heavy (non-hydrogen) atoms. The van der Waals surface area contributed by atoms with Gasteiger partial charge in [-0.1, -0.05) is 11.6 Å². The first-order valence-corrected chi connectivity index (χ1v) is 11.0. The molecule has 2 bridgehead atoms. The molecule has 0 saturated carbocycles. The van der Waals surface area contributed by atoms with Gasteiger partial charge in [0.2, 0.25) is 0 Å². The second-order valence-corrected chi connectivity index (χ2v) is 9.89. The van der Waals surface area contributed by atoms with E-state index in [1.807, 2.05) is 36.3 Å². The molecule has 1 aromatic heterocycles. The molecule has 3 aliphatic rings. The summed E-state index contributed by atoms with van der Waals surface area (Å²) in [5.74, 6) is -0.494. The van der Waals surface area contributed by atoms with Crippen LogP contribution < -0.4 is 10.2 Å². The van der Waals surface area contributed by atoms with E-state index in [1.165, 1.54) is 0 Å². The van der Waals surface area contributed by atoms with Gasteiger partial charge >= 0.3 is 12.0 Å². The number of nitrogens with zero attached hydrogens (tertiary/aromatic N) is 4. The first-order chi connectivity index (χ1) is 14.7. The molecule has 4 heterocycles. The predicted molar refractivity (Wildman–Crippen MR) is 117 cm³/mol. The number of fused-ring (bicyclic) bond motifs is 5. The summed E-state index contributed by atoms with van der Waals surface area (Å²) in [7, 11) is 0. The number of hydrogen-bond acceptors (Lipinski definition) is 5. The van der Waals surface area contributed by atoms with Crippen LogP contribution in [0.4, 0.5) is 10.5 Å². The van der Waals surface area contributed by atoms with Gasteiger partial charge in [-0.05, 0) is 51.8 Å². The molecule has 2 aromatic rings. The van der Waals surface area contributed by atoms with E-state index < -0.39 is 11.6 Å². The molecule has 2 unspecified atom stereocenters. The van der Waals surface area contributed by atoms with Crippen molar-refractivity contribution >= 4 is 29.3 Å². The van der Waals surface area contributed by atoms with Crippen molar-refractivity contribution in [3.8, 4) is 5.69 Å². The summed E-state index contributed by atoms with van der Waals surface area (Å²) in [5, 5.41) is 4.10. The number of piperazine rings is 1. The lowest BCUT2D eigenvalue weighted by molar-refractivity contribution is 0.00619. The Balaban J connectivity index is 1.52. The number of ether oxygens (including phenoxy) is 1. The number of halogens is 1. The van der Waals surface area contributed by atoms with Crippen LogP contribution in [0.25, 0.3) is 5.69 Å². The van der Waals surface area contributed by atoms with Crippen LogP contribution in [0, 0.1) is 0 Å². The number of carbonyl (C=O) groups excluding carboxylic acids is 2. The summed E-state index contributed by atoms with van der Waals surface area (Å²) in [5.41, 5.74) is 1.70.